The third-order valence-corrected chi connectivity index (χ3v) is 4.06. The van der Waals surface area contributed by atoms with Crippen molar-refractivity contribution < 1.29 is 5.11 Å². The largest absolute Gasteiger partial charge is 0.396 e. The van der Waals surface area contributed by atoms with Crippen molar-refractivity contribution in [1.29, 1.82) is 0 Å². The first-order valence-corrected chi connectivity index (χ1v) is 6.80. The van der Waals surface area contributed by atoms with Crippen LogP contribution in [0.4, 0.5) is 0 Å². The molecule has 1 aliphatic carbocycles. The maximum Gasteiger partial charge on any atom is 0.0471 e. The Hall–Kier alpha value is -0.820. The molecule has 1 N–H and O–H groups in total. The van der Waals surface area contributed by atoms with E-state index in [9.17, 15) is 0 Å². The van der Waals surface area contributed by atoms with Gasteiger partial charge in [0.05, 0.1) is 0 Å². The Bertz CT molecular complexity index is 350. The molecule has 0 heterocycles. The second-order valence-electron chi connectivity index (χ2n) is 6.17. The van der Waals surface area contributed by atoms with Crippen LogP contribution in [0, 0.1) is 5.41 Å². The zero-order valence-corrected chi connectivity index (χ0v) is 11.1. The highest BCUT2D eigenvalue weighted by atomic mass is 16.2. The Morgan fingerprint density at radius 3 is 2.53 bits per heavy atom. The Kier molecular flexibility index (Phi) is 3.88. The summed E-state index contributed by atoms with van der Waals surface area (Å²) in [6, 6.07) is 8.87. The van der Waals surface area contributed by atoms with Gasteiger partial charge in [-0.15, -0.1) is 0 Å². The lowest BCUT2D eigenvalue weighted by Crippen LogP contribution is -2.21. The van der Waals surface area contributed by atoms with Gasteiger partial charge in [-0.05, 0) is 48.1 Å². The van der Waals surface area contributed by atoms with Crippen molar-refractivity contribution in [2.75, 3.05) is 6.61 Å². The van der Waals surface area contributed by atoms with Gasteiger partial charge in [-0.3, -0.25) is 0 Å². The maximum atomic E-state index is 8.91. The highest BCUT2D eigenvalue weighted by Gasteiger charge is 2.28. The zero-order valence-electron chi connectivity index (χ0n) is 11.1. The molecule has 1 heteroatoms. The summed E-state index contributed by atoms with van der Waals surface area (Å²) in [5.41, 5.74) is 3.23. The van der Waals surface area contributed by atoms with E-state index in [2.05, 4.69) is 38.1 Å². The first-order chi connectivity index (χ1) is 8.11. The third-order valence-electron chi connectivity index (χ3n) is 4.06. The van der Waals surface area contributed by atoms with E-state index >= 15 is 0 Å². The van der Waals surface area contributed by atoms with Gasteiger partial charge in [0.1, 0.15) is 0 Å². The fourth-order valence-corrected chi connectivity index (χ4v) is 3.07. The van der Waals surface area contributed by atoms with Crippen LogP contribution in [0.3, 0.4) is 0 Å². The molecule has 1 aliphatic rings. The number of rotatable bonds is 3. The Balaban J connectivity index is 2.06. The van der Waals surface area contributed by atoms with E-state index < -0.39 is 0 Å². The Morgan fingerprint density at radius 1 is 1.24 bits per heavy atom. The van der Waals surface area contributed by atoms with Gasteiger partial charge in [-0.1, -0.05) is 44.5 Å². The molecule has 0 spiro atoms. The van der Waals surface area contributed by atoms with Crippen LogP contribution in [0.1, 0.15) is 56.6 Å². The number of aliphatic hydroxyl groups excluding tert-OH is 1. The van der Waals surface area contributed by atoms with Crippen molar-refractivity contribution >= 4 is 0 Å². The quantitative estimate of drug-likeness (QED) is 0.838. The average molecular weight is 232 g/mol. The molecule has 1 fully saturated rings. The van der Waals surface area contributed by atoms with Crippen molar-refractivity contribution in [3.63, 3.8) is 0 Å². The first kappa shape index (κ1) is 12.6. The average Bonchev–Trinajstić information content (AvgIpc) is 2.29. The number of hydrogen-bond acceptors (Lipinski definition) is 1. The summed E-state index contributed by atoms with van der Waals surface area (Å²) in [6.07, 6.45) is 6.15. The fourth-order valence-electron chi connectivity index (χ4n) is 3.07. The molecule has 1 aromatic carbocycles. The Labute approximate surface area is 105 Å². The molecular weight excluding hydrogens is 208 g/mol. The lowest BCUT2D eigenvalue weighted by atomic mass is 9.70. The minimum atomic E-state index is 0.246. The molecule has 17 heavy (non-hydrogen) atoms. The lowest BCUT2D eigenvalue weighted by molar-refractivity contribution is 0.219. The minimum absolute atomic E-state index is 0.246. The standard InChI is InChI=1S/C16H24O/c1-16(2)10-3-4-15(12-16)14-7-5-13(6-8-14)9-11-17/h5-8,15,17H,3-4,9-12H2,1-2H3. The number of hydrogen-bond donors (Lipinski definition) is 1. The van der Waals surface area contributed by atoms with Crippen LogP contribution >= 0.6 is 0 Å². The smallest absolute Gasteiger partial charge is 0.0471 e. The summed E-state index contributed by atoms with van der Waals surface area (Å²) in [5, 5.41) is 8.91. The highest BCUT2D eigenvalue weighted by Crippen LogP contribution is 2.43. The summed E-state index contributed by atoms with van der Waals surface area (Å²) < 4.78 is 0. The molecule has 0 saturated heterocycles. The van der Waals surface area contributed by atoms with Gasteiger partial charge in [0, 0.05) is 6.61 Å². The summed E-state index contributed by atoms with van der Waals surface area (Å²) in [7, 11) is 0. The van der Waals surface area contributed by atoms with Gasteiger partial charge in [-0.2, -0.15) is 0 Å². The van der Waals surface area contributed by atoms with Gasteiger partial charge in [0.15, 0.2) is 0 Å². The second kappa shape index (κ2) is 5.22. The Morgan fingerprint density at radius 2 is 1.94 bits per heavy atom. The molecule has 94 valence electrons. The molecule has 1 saturated carbocycles. The molecule has 2 rings (SSSR count). The van der Waals surface area contributed by atoms with Gasteiger partial charge in [-0.25, -0.2) is 0 Å². The van der Waals surface area contributed by atoms with E-state index in [-0.39, 0.29) is 6.61 Å². The molecule has 1 unspecified atom stereocenters. The van der Waals surface area contributed by atoms with Crippen LogP contribution in [0.15, 0.2) is 24.3 Å². The summed E-state index contributed by atoms with van der Waals surface area (Å²) in [4.78, 5) is 0. The van der Waals surface area contributed by atoms with E-state index in [4.69, 9.17) is 5.11 Å². The van der Waals surface area contributed by atoms with Crippen molar-refractivity contribution in [2.45, 2.75) is 51.9 Å². The van der Waals surface area contributed by atoms with Crippen LogP contribution in [-0.2, 0) is 6.42 Å². The topological polar surface area (TPSA) is 20.2 Å². The van der Waals surface area contributed by atoms with E-state index in [0.29, 0.717) is 5.41 Å². The highest BCUT2D eigenvalue weighted by molar-refractivity contribution is 5.26. The maximum absolute atomic E-state index is 8.91. The predicted molar refractivity (Wildman–Crippen MR) is 72.2 cm³/mol. The second-order valence-corrected chi connectivity index (χ2v) is 6.17. The molecular formula is C16H24O. The normalized spacial score (nSPS) is 23.6. The number of benzene rings is 1. The molecule has 1 atom stereocenters. The molecule has 0 radical (unpaired) electrons. The molecule has 1 nitrogen and oxygen atoms in total. The molecule has 0 bridgehead atoms. The van der Waals surface area contributed by atoms with E-state index in [1.165, 1.54) is 36.8 Å². The monoisotopic (exact) mass is 232 g/mol. The fraction of sp³-hybridized carbons (Fsp3) is 0.625. The molecule has 1 aromatic rings. The van der Waals surface area contributed by atoms with Crippen LogP contribution in [0.2, 0.25) is 0 Å². The van der Waals surface area contributed by atoms with Crippen LogP contribution in [-0.4, -0.2) is 11.7 Å². The van der Waals surface area contributed by atoms with Crippen LogP contribution < -0.4 is 0 Å². The summed E-state index contributed by atoms with van der Waals surface area (Å²) in [5.74, 6) is 0.738. The first-order valence-electron chi connectivity index (χ1n) is 6.80. The van der Waals surface area contributed by atoms with Gasteiger partial charge >= 0.3 is 0 Å². The third kappa shape index (κ3) is 3.32. The van der Waals surface area contributed by atoms with E-state index in [0.717, 1.165) is 12.3 Å². The lowest BCUT2D eigenvalue weighted by Gasteiger charge is -2.35. The van der Waals surface area contributed by atoms with E-state index in [1.54, 1.807) is 0 Å². The van der Waals surface area contributed by atoms with E-state index in [1.807, 2.05) is 0 Å². The van der Waals surface area contributed by atoms with Crippen LogP contribution in [0.25, 0.3) is 0 Å². The van der Waals surface area contributed by atoms with Crippen LogP contribution in [0.5, 0.6) is 0 Å². The van der Waals surface area contributed by atoms with Gasteiger partial charge in [0.2, 0.25) is 0 Å². The molecule has 0 aromatic heterocycles. The van der Waals surface area contributed by atoms with Gasteiger partial charge < -0.3 is 5.11 Å². The summed E-state index contributed by atoms with van der Waals surface area (Å²) >= 11 is 0. The minimum Gasteiger partial charge on any atom is -0.396 e. The summed E-state index contributed by atoms with van der Waals surface area (Å²) in [6.45, 7) is 5.02. The zero-order chi connectivity index (χ0) is 12.3. The van der Waals surface area contributed by atoms with Crippen molar-refractivity contribution in [3.05, 3.63) is 35.4 Å². The van der Waals surface area contributed by atoms with Crippen molar-refractivity contribution in [1.82, 2.24) is 0 Å². The molecule has 0 amide bonds. The van der Waals surface area contributed by atoms with Crippen molar-refractivity contribution in [2.24, 2.45) is 5.41 Å². The van der Waals surface area contributed by atoms with Crippen molar-refractivity contribution in [3.8, 4) is 0 Å². The predicted octanol–water partition coefficient (Wildman–Crippen LogP) is 3.91. The SMILES string of the molecule is CC1(C)CCCC(c2ccc(CCO)cc2)C1. The number of aliphatic hydroxyl groups is 1. The molecule has 0 aliphatic heterocycles. The van der Waals surface area contributed by atoms with Gasteiger partial charge in [0.25, 0.3) is 0 Å².